The van der Waals surface area contributed by atoms with E-state index in [9.17, 15) is 0 Å². The van der Waals surface area contributed by atoms with Crippen molar-refractivity contribution in [3.63, 3.8) is 0 Å². The normalized spacial score (nSPS) is 13.0. The first-order chi connectivity index (χ1) is 20.6. The molecule has 0 amide bonds. The van der Waals surface area contributed by atoms with E-state index in [0.717, 1.165) is 38.1 Å². The van der Waals surface area contributed by atoms with Gasteiger partial charge in [0.05, 0.1) is 39.6 Å². The number of ether oxygens (including phenoxy) is 4. The van der Waals surface area contributed by atoms with Gasteiger partial charge >= 0.3 is 8.56 Å². The van der Waals surface area contributed by atoms with Gasteiger partial charge in [0.15, 0.2) is 16.6 Å². The molecule has 2 rings (SSSR count). The molecule has 0 aliphatic heterocycles. The zero-order valence-electron chi connectivity index (χ0n) is 27.5. The Bertz CT molecular complexity index is 947. The van der Waals surface area contributed by atoms with Crippen molar-refractivity contribution in [2.45, 2.75) is 64.2 Å². The van der Waals surface area contributed by atoms with E-state index in [1.807, 2.05) is 48.6 Å². The van der Waals surface area contributed by atoms with Gasteiger partial charge in [-0.15, -0.1) is 0 Å². The molecule has 6 nitrogen and oxygen atoms in total. The third kappa shape index (κ3) is 20.1. The average molecular weight is 645 g/mol. The molecule has 240 valence electrons. The highest BCUT2D eigenvalue weighted by molar-refractivity contribution is 6.87. The number of hydrogen-bond donors (Lipinski definition) is 0. The molecule has 0 N–H and O–H groups in total. The lowest BCUT2D eigenvalue weighted by molar-refractivity contribution is 0.0585. The van der Waals surface area contributed by atoms with E-state index in [1.165, 1.54) is 11.1 Å². The lowest BCUT2D eigenvalue weighted by Gasteiger charge is -2.38. The molecule has 43 heavy (non-hydrogen) atoms. The summed E-state index contributed by atoms with van der Waals surface area (Å²) in [5.74, 6) is 0. The van der Waals surface area contributed by atoms with Crippen LogP contribution in [0.2, 0.25) is 51.4 Å². The first kappa shape index (κ1) is 37.5. The summed E-state index contributed by atoms with van der Waals surface area (Å²) in [4.78, 5) is 0. The van der Waals surface area contributed by atoms with Crippen LogP contribution >= 0.6 is 0 Å². The predicted molar refractivity (Wildman–Crippen MR) is 188 cm³/mol. The Morgan fingerprint density at radius 2 is 0.860 bits per heavy atom. The van der Waals surface area contributed by atoms with Crippen molar-refractivity contribution in [2.75, 3.05) is 52.9 Å². The predicted octanol–water partition coefficient (Wildman–Crippen LogP) is 8.41. The molecule has 2 aromatic rings. The van der Waals surface area contributed by atoms with Crippen LogP contribution in [0.4, 0.5) is 0 Å². The van der Waals surface area contributed by atoms with Gasteiger partial charge in [-0.25, -0.2) is 0 Å². The molecular weight excluding hydrogens is 589 g/mol. The van der Waals surface area contributed by atoms with Crippen LogP contribution in [0.3, 0.4) is 0 Å². The topological polar surface area (TPSA) is 55.4 Å². The Morgan fingerprint density at radius 3 is 1.26 bits per heavy atom. The average Bonchev–Trinajstić information content (AvgIpc) is 2.95. The van der Waals surface area contributed by atoms with Crippen molar-refractivity contribution < 1.29 is 27.2 Å². The summed E-state index contributed by atoms with van der Waals surface area (Å²) in [5, 5.41) is 0. The summed E-state index contributed by atoms with van der Waals surface area (Å²) in [6, 6.07) is 22.6. The molecule has 0 aliphatic carbocycles. The van der Waals surface area contributed by atoms with Gasteiger partial charge in [-0.1, -0.05) is 85.0 Å². The minimum Gasteiger partial charge on any atom is -0.437 e. The van der Waals surface area contributed by atoms with Gasteiger partial charge in [0.25, 0.3) is 0 Å². The Kier molecular flexibility index (Phi) is 18.4. The Morgan fingerprint density at radius 1 is 0.488 bits per heavy atom. The van der Waals surface area contributed by atoms with Crippen LogP contribution in [0.5, 0.6) is 0 Å². The van der Waals surface area contributed by atoms with Crippen LogP contribution in [-0.2, 0) is 27.2 Å². The smallest absolute Gasteiger partial charge is 0.311 e. The molecule has 0 spiro atoms. The number of hydrogen-bond acceptors (Lipinski definition) is 6. The van der Waals surface area contributed by atoms with Crippen molar-refractivity contribution in [1.29, 1.82) is 0 Å². The quantitative estimate of drug-likeness (QED) is 0.0845. The molecule has 0 aromatic heterocycles. The standard InChI is InChI=1S/C34H56O6Si3/c1-41(2,31-15-25-37-29-27-35-23-13-21-33-17-9-7-10-18-33)39-43(5,6)40-42(3,4)32-16-26-38-30-28-36-24-14-22-34-19-11-8-12-20-34/h7-14,17-22H,15-16,23-32H2,1-6H3. The summed E-state index contributed by atoms with van der Waals surface area (Å²) >= 11 is 0. The Labute approximate surface area is 264 Å². The zero-order valence-corrected chi connectivity index (χ0v) is 30.5. The van der Waals surface area contributed by atoms with E-state index >= 15 is 0 Å². The van der Waals surface area contributed by atoms with E-state index in [-0.39, 0.29) is 0 Å². The number of rotatable bonds is 24. The summed E-state index contributed by atoms with van der Waals surface area (Å²) < 4.78 is 36.4. The van der Waals surface area contributed by atoms with Crippen molar-refractivity contribution in [3.8, 4) is 0 Å². The summed E-state index contributed by atoms with van der Waals surface area (Å²) in [6.45, 7) is 18.7. The Balaban J connectivity index is 1.48. The lowest BCUT2D eigenvalue weighted by atomic mass is 10.2. The van der Waals surface area contributed by atoms with Crippen LogP contribution in [0.25, 0.3) is 12.2 Å². The molecule has 0 bridgehead atoms. The maximum Gasteiger partial charge on any atom is 0.311 e. The monoisotopic (exact) mass is 644 g/mol. The van der Waals surface area contributed by atoms with E-state index in [2.05, 4.69) is 75.7 Å². The van der Waals surface area contributed by atoms with Crippen LogP contribution in [0.15, 0.2) is 72.8 Å². The zero-order chi connectivity index (χ0) is 31.3. The minimum atomic E-state index is -2.22. The largest absolute Gasteiger partial charge is 0.437 e. The molecule has 0 radical (unpaired) electrons. The molecule has 0 unspecified atom stereocenters. The summed E-state index contributed by atoms with van der Waals surface area (Å²) in [6.07, 6.45) is 10.2. The molecule has 0 fully saturated rings. The van der Waals surface area contributed by atoms with Crippen molar-refractivity contribution >= 4 is 37.3 Å². The second-order valence-corrected chi connectivity index (χ2v) is 24.8. The molecule has 0 atom stereocenters. The molecule has 0 saturated heterocycles. The fourth-order valence-corrected chi connectivity index (χ4v) is 18.9. The second kappa shape index (κ2) is 21.1. The summed E-state index contributed by atoms with van der Waals surface area (Å²) in [5.41, 5.74) is 2.37. The highest BCUT2D eigenvalue weighted by Gasteiger charge is 2.39. The highest BCUT2D eigenvalue weighted by Crippen LogP contribution is 2.26. The first-order valence-electron chi connectivity index (χ1n) is 15.7. The van der Waals surface area contributed by atoms with Gasteiger partial charge in [0, 0.05) is 13.2 Å². The van der Waals surface area contributed by atoms with E-state index in [0.29, 0.717) is 39.6 Å². The van der Waals surface area contributed by atoms with Crippen LogP contribution in [0, 0.1) is 0 Å². The van der Waals surface area contributed by atoms with Gasteiger partial charge in [-0.3, -0.25) is 0 Å². The van der Waals surface area contributed by atoms with Crippen LogP contribution in [0.1, 0.15) is 24.0 Å². The fraction of sp³-hybridized carbons (Fsp3) is 0.529. The first-order valence-corrected chi connectivity index (χ1v) is 24.8. The molecule has 9 heteroatoms. The number of benzene rings is 2. The van der Waals surface area contributed by atoms with Gasteiger partial charge in [0.1, 0.15) is 0 Å². The molecule has 0 aliphatic rings. The fourth-order valence-electron chi connectivity index (χ4n) is 4.89. The SMILES string of the molecule is C[Si](C)(CCCOCCOCC=Cc1ccccc1)O[Si](C)(C)O[Si](C)(C)CCCOCCOCC=Cc1ccccc1. The maximum absolute atomic E-state index is 6.74. The van der Waals surface area contributed by atoms with E-state index in [4.69, 9.17) is 27.2 Å². The van der Waals surface area contributed by atoms with Crippen LogP contribution < -0.4 is 0 Å². The molecule has 0 saturated carbocycles. The highest BCUT2D eigenvalue weighted by atomic mass is 28.5. The maximum atomic E-state index is 6.74. The van der Waals surface area contributed by atoms with Crippen molar-refractivity contribution in [2.24, 2.45) is 0 Å². The molecule has 0 heterocycles. The van der Waals surface area contributed by atoms with Crippen LogP contribution in [-0.4, -0.2) is 78.1 Å². The van der Waals surface area contributed by atoms with Crippen molar-refractivity contribution in [1.82, 2.24) is 0 Å². The Hall–Kier alpha value is -1.67. The third-order valence-corrected chi connectivity index (χ3v) is 18.0. The second-order valence-electron chi connectivity index (χ2n) is 12.3. The van der Waals surface area contributed by atoms with Gasteiger partial charge in [0.2, 0.25) is 0 Å². The van der Waals surface area contributed by atoms with E-state index < -0.39 is 25.2 Å². The third-order valence-electron chi connectivity index (χ3n) is 6.57. The summed E-state index contributed by atoms with van der Waals surface area (Å²) in [7, 11) is -5.91. The molecular formula is C34H56O6Si3. The lowest BCUT2D eigenvalue weighted by Crippen LogP contribution is -2.52. The minimum absolute atomic E-state index is 0.599. The molecule has 2 aromatic carbocycles. The van der Waals surface area contributed by atoms with E-state index in [1.54, 1.807) is 0 Å². The van der Waals surface area contributed by atoms with Crippen molar-refractivity contribution in [3.05, 3.63) is 83.9 Å². The van der Waals surface area contributed by atoms with Gasteiger partial charge in [-0.05, 0) is 75.3 Å². The van der Waals surface area contributed by atoms with Gasteiger partial charge < -0.3 is 27.2 Å². The van der Waals surface area contributed by atoms with Gasteiger partial charge in [-0.2, -0.15) is 0 Å².